The van der Waals surface area contributed by atoms with Gasteiger partial charge in [0.25, 0.3) is 5.91 Å². The maximum Gasteiger partial charge on any atom is 0.343 e. The molecule has 1 atom stereocenters. The van der Waals surface area contributed by atoms with Gasteiger partial charge in [-0.05, 0) is 62.6 Å². The Morgan fingerprint density at radius 3 is 2.47 bits per heavy atom. The van der Waals surface area contributed by atoms with E-state index in [-0.39, 0.29) is 24.2 Å². The van der Waals surface area contributed by atoms with Crippen LogP contribution in [-0.4, -0.2) is 50.6 Å². The summed E-state index contributed by atoms with van der Waals surface area (Å²) in [7, 11) is 1.26. The first-order chi connectivity index (χ1) is 17.4. The van der Waals surface area contributed by atoms with Crippen LogP contribution in [-0.2, 0) is 23.9 Å². The van der Waals surface area contributed by atoms with Gasteiger partial charge in [0.1, 0.15) is 11.3 Å². The summed E-state index contributed by atoms with van der Waals surface area (Å²) >= 11 is 0. The van der Waals surface area contributed by atoms with Gasteiger partial charge in [0.15, 0.2) is 6.61 Å². The van der Waals surface area contributed by atoms with Gasteiger partial charge in [-0.3, -0.25) is 9.59 Å². The fraction of sp³-hybridized carbons (Fsp3) is 0.321. The van der Waals surface area contributed by atoms with E-state index in [1.807, 2.05) is 31.2 Å². The summed E-state index contributed by atoms with van der Waals surface area (Å²) in [6, 6.07) is 14.8. The molecule has 2 aromatic rings. The molecule has 36 heavy (non-hydrogen) atoms. The normalized spacial score (nSPS) is 18.6. The number of ether oxygens (including phenoxy) is 3. The Bertz CT molecular complexity index is 1190. The number of ketones is 1. The van der Waals surface area contributed by atoms with Crippen molar-refractivity contribution >= 4 is 29.4 Å². The van der Waals surface area contributed by atoms with Crippen LogP contribution in [0.1, 0.15) is 30.9 Å². The zero-order chi connectivity index (χ0) is 25.7. The minimum absolute atomic E-state index is 0.0123. The number of nitrogens with zero attached hydrogens (tertiary/aromatic N) is 1. The van der Waals surface area contributed by atoms with Gasteiger partial charge in [-0.2, -0.15) is 0 Å². The lowest BCUT2D eigenvalue weighted by molar-refractivity contribution is -0.137. The van der Waals surface area contributed by atoms with Gasteiger partial charge in [0.05, 0.1) is 18.9 Å². The minimum Gasteiger partial charge on any atom is -0.484 e. The molecule has 1 N–H and O–H groups in total. The number of rotatable bonds is 8. The molecule has 0 spiro atoms. The van der Waals surface area contributed by atoms with Gasteiger partial charge >= 0.3 is 5.97 Å². The smallest absolute Gasteiger partial charge is 0.343 e. The maximum absolute atomic E-state index is 13.2. The third kappa shape index (κ3) is 5.66. The lowest BCUT2D eigenvalue weighted by Crippen LogP contribution is -2.35. The molecule has 4 rings (SSSR count). The molecule has 2 aromatic carbocycles. The summed E-state index contributed by atoms with van der Waals surface area (Å²) in [5.41, 5.74) is 3.46. The van der Waals surface area contributed by atoms with E-state index in [1.54, 1.807) is 42.2 Å². The van der Waals surface area contributed by atoms with E-state index in [1.165, 1.54) is 7.11 Å². The number of nitrogens with one attached hydrogen (secondary N) is 1. The molecule has 2 aliphatic heterocycles. The molecule has 8 nitrogen and oxygen atoms in total. The summed E-state index contributed by atoms with van der Waals surface area (Å²) in [6.45, 7) is 4.84. The highest BCUT2D eigenvalue weighted by atomic mass is 16.5. The van der Waals surface area contributed by atoms with Crippen molar-refractivity contribution < 1.29 is 28.6 Å². The number of carbonyl (C=O) groups is 3. The van der Waals surface area contributed by atoms with Gasteiger partial charge in [0, 0.05) is 24.5 Å². The molecule has 0 saturated carbocycles. The molecule has 1 fully saturated rings. The van der Waals surface area contributed by atoms with E-state index in [0.29, 0.717) is 23.7 Å². The number of esters is 1. The van der Waals surface area contributed by atoms with Crippen molar-refractivity contribution in [2.45, 2.75) is 32.8 Å². The van der Waals surface area contributed by atoms with Crippen LogP contribution in [0, 0.1) is 6.92 Å². The third-order valence-electron chi connectivity index (χ3n) is 6.18. The Hall–Kier alpha value is -3.91. The first-order valence-corrected chi connectivity index (χ1v) is 11.9. The molecular formula is C28H30N2O6. The van der Waals surface area contributed by atoms with Gasteiger partial charge < -0.3 is 24.4 Å². The molecule has 0 bridgehead atoms. The molecule has 8 heteroatoms. The predicted octanol–water partition coefficient (Wildman–Crippen LogP) is 3.55. The molecule has 0 aliphatic carbocycles. The van der Waals surface area contributed by atoms with Gasteiger partial charge in [0.2, 0.25) is 5.78 Å². The summed E-state index contributed by atoms with van der Waals surface area (Å²) in [5.74, 6) is -0.747. The quantitative estimate of drug-likeness (QED) is 0.344. The first-order valence-electron chi connectivity index (χ1n) is 11.9. The number of methoxy groups -OCH3 is 1. The summed E-state index contributed by atoms with van der Waals surface area (Å²) in [6.07, 6.45) is 3.78. The van der Waals surface area contributed by atoms with Crippen molar-refractivity contribution in [3.05, 3.63) is 76.6 Å². The SMILES string of the molecule is COC(=O)C1=C(C)N(c2ccc(C)cc2)/C(=C\c2ccc(OCC(=O)NC[C@@H]3CCCO3)cc2)C1=O. The highest BCUT2D eigenvalue weighted by Crippen LogP contribution is 2.35. The fourth-order valence-electron chi connectivity index (χ4n) is 4.24. The molecule has 2 heterocycles. The summed E-state index contributed by atoms with van der Waals surface area (Å²) in [4.78, 5) is 39.4. The Morgan fingerprint density at radius 1 is 1.11 bits per heavy atom. The number of benzene rings is 2. The van der Waals surface area contributed by atoms with Gasteiger partial charge in [-0.25, -0.2) is 4.79 Å². The predicted molar refractivity (Wildman–Crippen MR) is 135 cm³/mol. The van der Waals surface area contributed by atoms with E-state index in [2.05, 4.69) is 5.32 Å². The van der Waals surface area contributed by atoms with Crippen molar-refractivity contribution in [3.8, 4) is 5.75 Å². The summed E-state index contributed by atoms with van der Waals surface area (Å²) < 4.78 is 15.9. The average Bonchev–Trinajstić information content (AvgIpc) is 3.49. The Balaban J connectivity index is 1.47. The monoisotopic (exact) mass is 490 g/mol. The number of Topliss-reactive ketones (excluding diaryl/α,β-unsaturated/α-hetero) is 1. The molecule has 2 aliphatic rings. The van der Waals surface area contributed by atoms with E-state index in [0.717, 1.165) is 36.3 Å². The lowest BCUT2D eigenvalue weighted by atomic mass is 10.1. The molecule has 0 unspecified atom stereocenters. The number of aryl methyl sites for hydroxylation is 1. The zero-order valence-electron chi connectivity index (χ0n) is 20.7. The van der Waals surface area contributed by atoms with Crippen LogP contribution >= 0.6 is 0 Å². The second kappa shape index (κ2) is 11.2. The van der Waals surface area contributed by atoms with Crippen LogP contribution < -0.4 is 15.0 Å². The number of hydrogen-bond donors (Lipinski definition) is 1. The van der Waals surface area contributed by atoms with Crippen LogP contribution in [0.25, 0.3) is 6.08 Å². The van der Waals surface area contributed by atoms with Crippen molar-refractivity contribution in [1.29, 1.82) is 0 Å². The number of allylic oxidation sites excluding steroid dienone is 2. The highest BCUT2D eigenvalue weighted by molar-refractivity contribution is 6.30. The zero-order valence-corrected chi connectivity index (χ0v) is 20.7. The summed E-state index contributed by atoms with van der Waals surface area (Å²) in [5, 5.41) is 2.82. The fourth-order valence-corrected chi connectivity index (χ4v) is 4.24. The first kappa shape index (κ1) is 25.2. The number of hydrogen-bond acceptors (Lipinski definition) is 7. The number of amides is 1. The van der Waals surface area contributed by atoms with Crippen LogP contribution in [0.4, 0.5) is 5.69 Å². The molecule has 0 radical (unpaired) electrons. The standard InChI is InChI=1S/C28H30N2O6/c1-18-6-10-21(11-7-18)30-19(2)26(28(33)34-3)27(32)24(30)15-20-8-12-22(13-9-20)36-17-25(31)29-16-23-5-4-14-35-23/h6-13,15,23H,4-5,14,16-17H2,1-3H3,(H,29,31)/b24-15-/t23-/m0/s1. The van der Waals surface area contributed by atoms with Crippen LogP contribution in [0.15, 0.2) is 65.5 Å². The molecule has 1 saturated heterocycles. The Labute approximate surface area is 210 Å². The Kier molecular flexibility index (Phi) is 7.85. The molecule has 1 amide bonds. The van der Waals surface area contributed by atoms with Gasteiger partial charge in [-0.15, -0.1) is 0 Å². The number of carbonyl (C=O) groups excluding carboxylic acids is 3. The van der Waals surface area contributed by atoms with Crippen LogP contribution in [0.2, 0.25) is 0 Å². The lowest BCUT2D eigenvalue weighted by Gasteiger charge is -2.21. The number of anilines is 1. The van der Waals surface area contributed by atoms with E-state index in [4.69, 9.17) is 14.2 Å². The third-order valence-corrected chi connectivity index (χ3v) is 6.18. The molecule has 0 aromatic heterocycles. The van der Waals surface area contributed by atoms with Crippen molar-refractivity contribution in [1.82, 2.24) is 5.32 Å². The highest BCUT2D eigenvalue weighted by Gasteiger charge is 2.38. The largest absolute Gasteiger partial charge is 0.484 e. The van der Waals surface area contributed by atoms with E-state index < -0.39 is 11.8 Å². The Morgan fingerprint density at radius 2 is 1.83 bits per heavy atom. The van der Waals surface area contributed by atoms with Crippen molar-refractivity contribution in [3.63, 3.8) is 0 Å². The van der Waals surface area contributed by atoms with Gasteiger partial charge in [-0.1, -0.05) is 29.8 Å². The minimum atomic E-state index is -0.667. The maximum atomic E-state index is 13.2. The van der Waals surface area contributed by atoms with E-state index >= 15 is 0 Å². The van der Waals surface area contributed by atoms with E-state index in [9.17, 15) is 14.4 Å². The van der Waals surface area contributed by atoms with Crippen LogP contribution in [0.3, 0.4) is 0 Å². The van der Waals surface area contributed by atoms with Crippen molar-refractivity contribution in [2.24, 2.45) is 0 Å². The molecule has 188 valence electrons. The average molecular weight is 491 g/mol. The topological polar surface area (TPSA) is 94.2 Å². The molecular weight excluding hydrogens is 460 g/mol. The second-order valence-corrected chi connectivity index (χ2v) is 8.78. The van der Waals surface area contributed by atoms with Crippen molar-refractivity contribution in [2.75, 3.05) is 31.8 Å². The van der Waals surface area contributed by atoms with Crippen LogP contribution in [0.5, 0.6) is 5.75 Å². The second-order valence-electron chi connectivity index (χ2n) is 8.78.